The number of hydrogen-bond donors (Lipinski definition) is 0. The number of aromatic nitrogens is 4. The highest BCUT2D eigenvalue weighted by atomic mass is 32.2. The fourth-order valence-corrected chi connectivity index (χ4v) is 4.06. The van der Waals surface area contributed by atoms with Crippen molar-refractivity contribution in [3.05, 3.63) is 30.5 Å². The number of hydrogen-bond acceptors (Lipinski definition) is 7. The van der Waals surface area contributed by atoms with Crippen LogP contribution in [0.1, 0.15) is 18.9 Å². The first-order valence-corrected chi connectivity index (χ1v) is 9.17. The predicted molar refractivity (Wildman–Crippen MR) is 87.2 cm³/mol. The highest BCUT2D eigenvalue weighted by Crippen LogP contribution is 2.35. The van der Waals surface area contributed by atoms with Gasteiger partial charge in [-0.05, 0) is 6.92 Å². The summed E-state index contributed by atoms with van der Waals surface area (Å²) in [5.41, 5.74) is 0.691. The average molecular weight is 357 g/mol. The van der Waals surface area contributed by atoms with E-state index in [9.17, 15) is 8.42 Å². The number of nitriles is 2. The third kappa shape index (κ3) is 2.86. The van der Waals surface area contributed by atoms with E-state index in [0.717, 1.165) is 0 Å². The maximum atomic E-state index is 12.0. The van der Waals surface area contributed by atoms with Gasteiger partial charge in [-0.25, -0.2) is 18.4 Å². The Morgan fingerprint density at radius 2 is 2.08 bits per heavy atom. The zero-order valence-electron chi connectivity index (χ0n) is 13.5. The Bertz CT molecular complexity index is 978. The van der Waals surface area contributed by atoms with E-state index in [4.69, 9.17) is 10.5 Å². The first-order chi connectivity index (χ1) is 12.0. The fraction of sp³-hybridized carbons (Fsp3) is 0.400. The number of nitrogens with zero attached hydrogens (tertiary/aromatic N) is 7. The minimum absolute atomic E-state index is 0.0203. The highest BCUT2D eigenvalue weighted by molar-refractivity contribution is 7.89. The van der Waals surface area contributed by atoms with Crippen LogP contribution in [0.3, 0.4) is 0 Å². The smallest absolute Gasteiger partial charge is 0.213 e. The van der Waals surface area contributed by atoms with Gasteiger partial charge in [-0.15, -0.1) is 0 Å². The van der Waals surface area contributed by atoms with E-state index in [2.05, 4.69) is 21.1 Å². The summed E-state index contributed by atoms with van der Waals surface area (Å²) in [6, 6.07) is 4.14. The third-order valence-electron chi connectivity index (χ3n) is 4.28. The minimum atomic E-state index is -3.30. The second-order valence-corrected chi connectivity index (χ2v) is 8.06. The van der Waals surface area contributed by atoms with Crippen LogP contribution in [-0.2, 0) is 15.6 Å². The Labute approximate surface area is 145 Å². The Hall–Kier alpha value is -2.82. The predicted octanol–water partition coefficient (Wildman–Crippen LogP) is 0.486. The first kappa shape index (κ1) is 17.0. The maximum Gasteiger partial charge on any atom is 0.213 e. The lowest BCUT2D eigenvalue weighted by Crippen LogP contribution is -2.64. The zero-order valence-corrected chi connectivity index (χ0v) is 14.3. The van der Waals surface area contributed by atoms with E-state index in [0.29, 0.717) is 16.8 Å². The van der Waals surface area contributed by atoms with Gasteiger partial charge in [0.1, 0.15) is 17.9 Å². The molecule has 9 nitrogen and oxygen atoms in total. The summed E-state index contributed by atoms with van der Waals surface area (Å²) in [4.78, 5) is 7.94. The zero-order chi connectivity index (χ0) is 18.1. The van der Waals surface area contributed by atoms with Crippen molar-refractivity contribution >= 4 is 10.0 Å². The molecule has 0 N–H and O–H groups in total. The molecule has 3 heterocycles. The molecule has 10 heteroatoms. The van der Waals surface area contributed by atoms with Crippen LogP contribution < -0.4 is 0 Å². The summed E-state index contributed by atoms with van der Waals surface area (Å²) in [6.07, 6.45) is 6.15. The summed E-state index contributed by atoms with van der Waals surface area (Å²) in [7, 11) is -3.30. The van der Waals surface area contributed by atoms with Crippen molar-refractivity contribution in [2.75, 3.05) is 18.8 Å². The van der Waals surface area contributed by atoms with Crippen LogP contribution >= 0.6 is 0 Å². The van der Waals surface area contributed by atoms with E-state index >= 15 is 0 Å². The monoisotopic (exact) mass is 357 g/mol. The van der Waals surface area contributed by atoms with Gasteiger partial charge in [0.05, 0.1) is 35.7 Å². The summed E-state index contributed by atoms with van der Waals surface area (Å²) in [6.45, 7) is 1.99. The van der Waals surface area contributed by atoms with Gasteiger partial charge < -0.3 is 0 Å². The molecule has 0 amide bonds. The summed E-state index contributed by atoms with van der Waals surface area (Å²) < 4.78 is 26.9. The lowest BCUT2D eigenvalue weighted by atomic mass is 9.89. The maximum absolute atomic E-state index is 12.0. The Kier molecular flexibility index (Phi) is 4.25. The van der Waals surface area contributed by atoms with Crippen molar-refractivity contribution in [2.45, 2.75) is 18.9 Å². The SMILES string of the molecule is CCS(=O)(=O)N1CC(CC#N)(n2cc(-c3ncncc3C#N)cn2)C1. The van der Waals surface area contributed by atoms with Gasteiger partial charge in [-0.2, -0.15) is 19.9 Å². The van der Waals surface area contributed by atoms with E-state index in [1.807, 2.05) is 6.07 Å². The molecule has 1 aliphatic rings. The lowest BCUT2D eigenvalue weighted by Gasteiger charge is -2.47. The molecule has 1 saturated heterocycles. The van der Waals surface area contributed by atoms with Crippen LogP contribution in [0.4, 0.5) is 0 Å². The van der Waals surface area contributed by atoms with Gasteiger partial charge in [0, 0.05) is 31.0 Å². The minimum Gasteiger partial charge on any atom is -0.262 e. The molecule has 3 rings (SSSR count). The first-order valence-electron chi connectivity index (χ1n) is 7.56. The van der Waals surface area contributed by atoms with E-state index in [-0.39, 0.29) is 25.3 Å². The largest absolute Gasteiger partial charge is 0.262 e. The van der Waals surface area contributed by atoms with E-state index < -0.39 is 15.6 Å². The van der Waals surface area contributed by atoms with Crippen LogP contribution in [0.5, 0.6) is 0 Å². The quantitative estimate of drug-likeness (QED) is 0.761. The van der Waals surface area contributed by atoms with Gasteiger partial charge in [0.15, 0.2) is 0 Å². The van der Waals surface area contributed by atoms with Crippen LogP contribution in [0.15, 0.2) is 24.9 Å². The van der Waals surface area contributed by atoms with Crippen LogP contribution in [-0.4, -0.2) is 51.3 Å². The summed E-state index contributed by atoms with van der Waals surface area (Å²) in [5.74, 6) is 0.0203. The highest BCUT2D eigenvalue weighted by Gasteiger charge is 2.49. The van der Waals surface area contributed by atoms with Gasteiger partial charge in [0.2, 0.25) is 10.0 Å². The van der Waals surface area contributed by atoms with Crippen molar-refractivity contribution in [2.24, 2.45) is 0 Å². The number of rotatable bonds is 5. The fourth-order valence-electron chi connectivity index (χ4n) is 2.82. The molecule has 0 saturated carbocycles. The normalized spacial score (nSPS) is 16.6. The second-order valence-electron chi connectivity index (χ2n) is 5.80. The van der Waals surface area contributed by atoms with Gasteiger partial charge in [0.25, 0.3) is 0 Å². The molecule has 0 bridgehead atoms. The van der Waals surface area contributed by atoms with Crippen LogP contribution in [0.2, 0.25) is 0 Å². The molecule has 0 aromatic carbocycles. The Morgan fingerprint density at radius 1 is 1.32 bits per heavy atom. The van der Waals surface area contributed by atoms with Gasteiger partial charge in [-0.1, -0.05) is 0 Å². The molecule has 1 fully saturated rings. The molecule has 0 radical (unpaired) electrons. The van der Waals surface area contributed by atoms with Crippen molar-refractivity contribution in [1.82, 2.24) is 24.1 Å². The Balaban J connectivity index is 1.93. The standard InChI is InChI=1S/C15H15N7O2S/c1-2-25(23,24)21-9-15(10-21,3-4-16)22-8-13(7-20-22)14-12(5-17)6-18-11-19-14/h6-8,11H,2-3,9-10H2,1H3. The van der Waals surface area contributed by atoms with E-state index in [1.165, 1.54) is 16.8 Å². The van der Waals surface area contributed by atoms with Crippen LogP contribution in [0, 0.1) is 22.7 Å². The van der Waals surface area contributed by atoms with Gasteiger partial charge >= 0.3 is 0 Å². The molecule has 0 atom stereocenters. The van der Waals surface area contributed by atoms with Gasteiger partial charge in [-0.3, -0.25) is 4.68 Å². The molecule has 1 aliphatic heterocycles. The average Bonchev–Trinajstić information content (AvgIpc) is 3.07. The second kappa shape index (κ2) is 6.24. The van der Waals surface area contributed by atoms with Crippen molar-refractivity contribution < 1.29 is 8.42 Å². The topological polar surface area (TPSA) is 129 Å². The molecule has 0 unspecified atom stereocenters. The molecule has 128 valence electrons. The molecule has 2 aromatic rings. The molecule has 0 spiro atoms. The molecule has 2 aromatic heterocycles. The van der Waals surface area contributed by atoms with E-state index in [1.54, 1.807) is 24.0 Å². The third-order valence-corrected chi connectivity index (χ3v) is 6.06. The van der Waals surface area contributed by atoms with Crippen LogP contribution in [0.25, 0.3) is 11.3 Å². The summed E-state index contributed by atoms with van der Waals surface area (Å²) in [5, 5.41) is 22.6. The van der Waals surface area contributed by atoms with Crippen molar-refractivity contribution in [3.8, 4) is 23.4 Å². The van der Waals surface area contributed by atoms with Crippen molar-refractivity contribution in [1.29, 1.82) is 10.5 Å². The molecule has 25 heavy (non-hydrogen) atoms. The number of sulfonamides is 1. The Morgan fingerprint density at radius 3 is 2.72 bits per heavy atom. The molecular weight excluding hydrogens is 342 g/mol. The summed E-state index contributed by atoms with van der Waals surface area (Å²) >= 11 is 0. The molecule has 0 aliphatic carbocycles. The lowest BCUT2D eigenvalue weighted by molar-refractivity contribution is 0.0719. The molecular formula is C15H15N7O2S. The van der Waals surface area contributed by atoms with Crippen molar-refractivity contribution in [3.63, 3.8) is 0 Å².